The number of carbonyl (C=O) groups excluding carboxylic acids is 1. The molecular formula is C11H10Br2F2O3. The molecule has 0 atom stereocenters. The molecule has 0 unspecified atom stereocenters. The van der Waals surface area contributed by atoms with Crippen LogP contribution in [0.1, 0.15) is 22.8 Å². The van der Waals surface area contributed by atoms with Crippen LogP contribution < -0.4 is 4.74 Å². The van der Waals surface area contributed by atoms with Crippen molar-refractivity contribution in [2.45, 2.75) is 17.3 Å². The van der Waals surface area contributed by atoms with Crippen LogP contribution in [0.15, 0.2) is 18.2 Å². The van der Waals surface area contributed by atoms with E-state index in [0.29, 0.717) is 10.9 Å². The summed E-state index contributed by atoms with van der Waals surface area (Å²) in [5.74, 6) is -0.695. The van der Waals surface area contributed by atoms with E-state index in [1.54, 1.807) is 6.92 Å². The summed E-state index contributed by atoms with van der Waals surface area (Å²) in [6.07, 6.45) is 0. The Kier molecular flexibility index (Phi) is 5.52. The van der Waals surface area contributed by atoms with Gasteiger partial charge in [0.1, 0.15) is 5.75 Å². The molecule has 0 aliphatic heterocycles. The second-order valence-electron chi connectivity index (χ2n) is 3.22. The van der Waals surface area contributed by atoms with E-state index >= 15 is 0 Å². The predicted octanol–water partition coefficient (Wildman–Crippen LogP) is 4.08. The van der Waals surface area contributed by atoms with E-state index < -0.39 is 11.0 Å². The van der Waals surface area contributed by atoms with Crippen molar-refractivity contribution in [3.63, 3.8) is 0 Å². The molecule has 0 saturated heterocycles. The molecule has 18 heavy (non-hydrogen) atoms. The zero-order valence-corrected chi connectivity index (χ0v) is 12.6. The summed E-state index contributed by atoms with van der Waals surface area (Å²) in [7, 11) is 0. The van der Waals surface area contributed by atoms with Crippen molar-refractivity contribution in [2.24, 2.45) is 0 Å². The molecule has 3 nitrogen and oxygen atoms in total. The van der Waals surface area contributed by atoms with E-state index in [-0.39, 0.29) is 17.9 Å². The van der Waals surface area contributed by atoms with Crippen LogP contribution >= 0.6 is 31.9 Å². The average molecular weight is 388 g/mol. The van der Waals surface area contributed by atoms with Gasteiger partial charge in [-0.15, -0.1) is 0 Å². The first-order valence-corrected chi connectivity index (χ1v) is 6.90. The van der Waals surface area contributed by atoms with E-state index in [1.165, 1.54) is 18.2 Å². The highest BCUT2D eigenvalue weighted by Gasteiger charge is 2.27. The van der Waals surface area contributed by atoms with Gasteiger partial charge >= 0.3 is 11.0 Å². The van der Waals surface area contributed by atoms with Crippen molar-refractivity contribution in [2.75, 3.05) is 6.61 Å². The molecule has 0 N–H and O–H groups in total. The number of hydrogen-bond acceptors (Lipinski definition) is 3. The van der Waals surface area contributed by atoms with Gasteiger partial charge in [0, 0.05) is 21.3 Å². The molecule has 0 bridgehead atoms. The first-order chi connectivity index (χ1) is 8.37. The molecule has 1 aromatic rings. The van der Waals surface area contributed by atoms with Gasteiger partial charge in [-0.1, -0.05) is 22.0 Å². The monoisotopic (exact) mass is 386 g/mol. The molecule has 0 heterocycles. The summed E-state index contributed by atoms with van der Waals surface area (Å²) in [6.45, 7) is 1.87. The van der Waals surface area contributed by atoms with Crippen LogP contribution in [0.5, 0.6) is 5.75 Å². The van der Waals surface area contributed by atoms with Crippen molar-refractivity contribution in [3.05, 3.63) is 29.3 Å². The highest BCUT2D eigenvalue weighted by molar-refractivity contribution is 9.09. The number of benzene rings is 1. The molecule has 0 aliphatic rings. The third kappa shape index (κ3) is 4.53. The van der Waals surface area contributed by atoms with Crippen molar-refractivity contribution in [3.8, 4) is 5.75 Å². The fourth-order valence-corrected chi connectivity index (χ4v) is 1.94. The second-order valence-corrected chi connectivity index (χ2v) is 4.70. The van der Waals surface area contributed by atoms with E-state index in [1.807, 2.05) is 0 Å². The third-order valence-corrected chi connectivity index (χ3v) is 2.72. The summed E-state index contributed by atoms with van der Waals surface area (Å²) in [4.78, 5) is 11.6. The van der Waals surface area contributed by atoms with Crippen LogP contribution in [0.3, 0.4) is 0 Å². The Morgan fingerprint density at radius 2 is 2.11 bits per heavy atom. The Balaban J connectivity index is 3.05. The van der Waals surface area contributed by atoms with Gasteiger partial charge in [0.15, 0.2) is 0 Å². The van der Waals surface area contributed by atoms with Crippen molar-refractivity contribution < 1.29 is 23.0 Å². The largest absolute Gasteiger partial charge is 0.462 e. The van der Waals surface area contributed by atoms with Gasteiger partial charge < -0.3 is 9.47 Å². The van der Waals surface area contributed by atoms with Crippen molar-refractivity contribution >= 4 is 37.8 Å². The normalized spacial score (nSPS) is 11.2. The van der Waals surface area contributed by atoms with Gasteiger partial charge in [-0.05, 0) is 24.6 Å². The summed E-state index contributed by atoms with van der Waals surface area (Å²) in [6, 6.07) is 4.10. The Morgan fingerprint density at radius 1 is 1.44 bits per heavy atom. The molecular weight excluding hydrogens is 378 g/mol. The van der Waals surface area contributed by atoms with Crippen molar-refractivity contribution in [1.82, 2.24) is 0 Å². The molecule has 0 amide bonds. The molecule has 0 spiro atoms. The average Bonchev–Trinajstić information content (AvgIpc) is 2.27. The maximum absolute atomic E-state index is 12.6. The van der Waals surface area contributed by atoms with Gasteiger partial charge in [-0.25, -0.2) is 4.79 Å². The Hall–Kier alpha value is -0.690. The Morgan fingerprint density at radius 3 is 2.61 bits per heavy atom. The van der Waals surface area contributed by atoms with Gasteiger partial charge in [0.2, 0.25) is 0 Å². The van der Waals surface area contributed by atoms with E-state index in [0.717, 1.165) is 0 Å². The van der Waals surface area contributed by atoms with E-state index in [9.17, 15) is 13.6 Å². The first kappa shape index (κ1) is 15.4. The quantitative estimate of drug-likeness (QED) is 0.564. The number of carbonyl (C=O) groups is 1. The van der Waals surface area contributed by atoms with Gasteiger partial charge in [0.25, 0.3) is 0 Å². The lowest BCUT2D eigenvalue weighted by Crippen LogP contribution is -2.16. The minimum Gasteiger partial charge on any atom is -0.462 e. The van der Waals surface area contributed by atoms with Crippen LogP contribution in [0.4, 0.5) is 8.78 Å². The lowest BCUT2D eigenvalue weighted by molar-refractivity contribution is -0.0803. The molecule has 100 valence electrons. The van der Waals surface area contributed by atoms with Crippen LogP contribution in [-0.2, 0) is 10.1 Å². The molecule has 0 aliphatic carbocycles. The van der Waals surface area contributed by atoms with Crippen LogP contribution in [0, 0.1) is 0 Å². The maximum atomic E-state index is 12.6. The number of ether oxygens (including phenoxy) is 2. The fraction of sp³-hybridized carbons (Fsp3) is 0.364. The standard InChI is InChI=1S/C11H10Br2F2O3/c1-2-17-10(16)9-5-8(18-11(13,14)15)4-3-7(9)6-12/h3-5H,2,6H2,1H3. The lowest BCUT2D eigenvalue weighted by Gasteiger charge is -2.13. The Bertz CT molecular complexity index is 433. The molecule has 1 aromatic carbocycles. The number of hydrogen-bond donors (Lipinski definition) is 0. The molecule has 0 fully saturated rings. The van der Waals surface area contributed by atoms with E-state index in [4.69, 9.17) is 4.74 Å². The van der Waals surface area contributed by atoms with Gasteiger partial charge in [0.05, 0.1) is 12.2 Å². The van der Waals surface area contributed by atoms with Crippen LogP contribution in [0.25, 0.3) is 0 Å². The molecule has 1 rings (SSSR count). The summed E-state index contributed by atoms with van der Waals surface area (Å²) in [5, 5.41) is -3.07. The van der Waals surface area contributed by atoms with Crippen molar-refractivity contribution in [1.29, 1.82) is 0 Å². The minimum absolute atomic E-state index is 0.121. The summed E-state index contributed by atoms with van der Waals surface area (Å²) >= 11 is 5.27. The Labute approximate surface area is 120 Å². The maximum Gasteiger partial charge on any atom is 0.459 e. The van der Waals surface area contributed by atoms with Crippen LogP contribution in [-0.4, -0.2) is 17.6 Å². The molecule has 0 saturated carbocycles. The topological polar surface area (TPSA) is 35.5 Å². The zero-order valence-electron chi connectivity index (χ0n) is 9.38. The SMILES string of the molecule is CCOC(=O)c1cc(OC(F)(F)Br)ccc1CBr. The zero-order chi connectivity index (χ0) is 13.8. The molecule has 0 aromatic heterocycles. The lowest BCUT2D eigenvalue weighted by atomic mass is 10.1. The molecule has 0 radical (unpaired) electrons. The highest BCUT2D eigenvalue weighted by atomic mass is 79.9. The third-order valence-electron chi connectivity index (χ3n) is 1.95. The predicted molar refractivity (Wildman–Crippen MR) is 69.5 cm³/mol. The number of alkyl halides is 4. The smallest absolute Gasteiger partial charge is 0.459 e. The minimum atomic E-state index is -3.48. The summed E-state index contributed by atoms with van der Waals surface area (Å²) in [5.41, 5.74) is 0.835. The highest BCUT2D eigenvalue weighted by Crippen LogP contribution is 2.29. The number of esters is 1. The second kappa shape index (κ2) is 6.47. The number of rotatable bonds is 5. The fourth-order valence-electron chi connectivity index (χ4n) is 1.27. The summed E-state index contributed by atoms with van der Waals surface area (Å²) < 4.78 is 34.5. The first-order valence-electron chi connectivity index (χ1n) is 4.99. The van der Waals surface area contributed by atoms with Gasteiger partial charge in [-0.3, -0.25) is 0 Å². The molecule has 7 heteroatoms. The van der Waals surface area contributed by atoms with Crippen LogP contribution in [0.2, 0.25) is 0 Å². The van der Waals surface area contributed by atoms with Gasteiger partial charge in [-0.2, -0.15) is 8.78 Å². The number of halogens is 4. The van der Waals surface area contributed by atoms with E-state index in [2.05, 4.69) is 36.6 Å².